The number of halogens is 2. The van der Waals surface area contributed by atoms with Gasteiger partial charge in [0.05, 0.1) is 0 Å². The highest BCUT2D eigenvalue weighted by Gasteiger charge is 2.11. The summed E-state index contributed by atoms with van der Waals surface area (Å²) in [6.07, 6.45) is 1.23. The molecule has 3 nitrogen and oxygen atoms in total. The molecule has 0 bridgehead atoms. The van der Waals surface area contributed by atoms with Gasteiger partial charge >= 0.3 is 0 Å². The van der Waals surface area contributed by atoms with Crippen LogP contribution in [0.3, 0.4) is 0 Å². The van der Waals surface area contributed by atoms with Gasteiger partial charge in [-0.25, -0.2) is 4.39 Å². The molecule has 0 heterocycles. The van der Waals surface area contributed by atoms with Crippen LogP contribution in [-0.4, -0.2) is 5.91 Å². The van der Waals surface area contributed by atoms with Gasteiger partial charge in [-0.15, -0.1) is 0 Å². The highest BCUT2D eigenvalue weighted by molar-refractivity contribution is 9.10. The minimum Gasteiger partial charge on any atom is -0.321 e. The van der Waals surface area contributed by atoms with E-state index in [0.29, 0.717) is 10.2 Å². The van der Waals surface area contributed by atoms with E-state index in [2.05, 4.69) is 21.2 Å². The van der Waals surface area contributed by atoms with Crippen LogP contribution < -0.4 is 5.32 Å². The maximum atomic E-state index is 13.8. The zero-order valence-electron chi connectivity index (χ0n) is 11.7. The van der Waals surface area contributed by atoms with Crippen molar-refractivity contribution in [3.05, 3.63) is 69.5 Å². The summed E-state index contributed by atoms with van der Waals surface area (Å²) in [5, 5.41) is 11.7. The third kappa shape index (κ3) is 4.03. The van der Waals surface area contributed by atoms with Crippen molar-refractivity contribution in [3.8, 4) is 6.07 Å². The Morgan fingerprint density at radius 2 is 2.09 bits per heavy atom. The molecule has 0 spiro atoms. The fourth-order valence-corrected chi connectivity index (χ4v) is 2.18. The van der Waals surface area contributed by atoms with Crippen molar-refractivity contribution in [1.29, 1.82) is 5.26 Å². The van der Waals surface area contributed by atoms with Gasteiger partial charge in [-0.3, -0.25) is 4.79 Å². The van der Waals surface area contributed by atoms with Gasteiger partial charge in [-0.2, -0.15) is 5.26 Å². The van der Waals surface area contributed by atoms with E-state index in [1.165, 1.54) is 18.2 Å². The van der Waals surface area contributed by atoms with E-state index >= 15 is 0 Å². The van der Waals surface area contributed by atoms with Crippen LogP contribution in [0.4, 0.5) is 10.1 Å². The molecule has 0 unspecified atom stereocenters. The topological polar surface area (TPSA) is 52.9 Å². The number of benzene rings is 2. The van der Waals surface area contributed by atoms with Gasteiger partial charge in [0.15, 0.2) is 0 Å². The standard InChI is InChI=1S/C17H12BrFN2O/c1-11-3-2-4-15(7-11)21-17(22)13(10-20)8-12-5-6-14(18)9-16(12)19/h2-9H,1H3,(H,21,22)/b13-8+. The Morgan fingerprint density at radius 3 is 2.73 bits per heavy atom. The van der Waals surface area contributed by atoms with Gasteiger partial charge in [0.2, 0.25) is 0 Å². The first-order valence-electron chi connectivity index (χ1n) is 6.44. The minimum absolute atomic E-state index is 0.164. The summed E-state index contributed by atoms with van der Waals surface area (Å²) < 4.78 is 14.4. The molecule has 0 saturated carbocycles. The van der Waals surface area contributed by atoms with Crippen molar-refractivity contribution in [3.63, 3.8) is 0 Å². The third-order valence-electron chi connectivity index (χ3n) is 2.90. The molecule has 110 valence electrons. The Hall–Kier alpha value is -2.45. The van der Waals surface area contributed by atoms with Crippen molar-refractivity contribution < 1.29 is 9.18 Å². The van der Waals surface area contributed by atoms with E-state index in [4.69, 9.17) is 5.26 Å². The van der Waals surface area contributed by atoms with Crippen molar-refractivity contribution in [1.82, 2.24) is 0 Å². The molecule has 1 N–H and O–H groups in total. The molecule has 0 radical (unpaired) electrons. The maximum Gasteiger partial charge on any atom is 0.266 e. The SMILES string of the molecule is Cc1cccc(NC(=O)/C(C#N)=C/c2ccc(Br)cc2F)c1. The molecule has 2 rings (SSSR count). The van der Waals surface area contributed by atoms with E-state index in [9.17, 15) is 9.18 Å². The first-order valence-corrected chi connectivity index (χ1v) is 7.24. The summed E-state index contributed by atoms with van der Waals surface area (Å²) in [4.78, 5) is 12.1. The predicted octanol–water partition coefficient (Wildman–Crippen LogP) is 4.44. The molecular weight excluding hydrogens is 347 g/mol. The Balaban J connectivity index is 2.26. The van der Waals surface area contributed by atoms with E-state index in [-0.39, 0.29) is 11.1 Å². The van der Waals surface area contributed by atoms with E-state index < -0.39 is 11.7 Å². The number of nitrogens with one attached hydrogen (secondary N) is 1. The van der Waals surface area contributed by atoms with Crippen LogP contribution in [0.25, 0.3) is 6.08 Å². The number of nitrogens with zero attached hydrogens (tertiary/aromatic N) is 1. The molecule has 2 aromatic rings. The molecule has 1 amide bonds. The summed E-state index contributed by atoms with van der Waals surface area (Å²) in [5.41, 5.74) is 1.59. The lowest BCUT2D eigenvalue weighted by Gasteiger charge is -2.05. The predicted molar refractivity (Wildman–Crippen MR) is 87.5 cm³/mol. The average Bonchev–Trinajstić information content (AvgIpc) is 2.46. The van der Waals surface area contributed by atoms with Crippen LogP contribution in [0.15, 0.2) is 52.5 Å². The number of carbonyl (C=O) groups excluding carboxylic acids is 1. The summed E-state index contributed by atoms with van der Waals surface area (Å²) in [6.45, 7) is 1.90. The number of rotatable bonds is 3. The molecule has 5 heteroatoms. The number of aryl methyl sites for hydroxylation is 1. The Bertz CT molecular complexity index is 793. The molecule has 0 saturated heterocycles. The Kier molecular flexibility index (Phi) is 5.08. The summed E-state index contributed by atoms with van der Waals surface area (Å²) >= 11 is 3.15. The van der Waals surface area contributed by atoms with E-state index in [1.54, 1.807) is 30.3 Å². The molecular formula is C17H12BrFN2O. The number of carbonyl (C=O) groups is 1. The van der Waals surface area contributed by atoms with Gasteiger partial charge in [0.25, 0.3) is 5.91 Å². The Labute approximate surface area is 136 Å². The van der Waals surface area contributed by atoms with Crippen LogP contribution in [0, 0.1) is 24.1 Å². The second-order valence-corrected chi connectivity index (χ2v) is 5.57. The molecule has 0 aliphatic rings. The minimum atomic E-state index is -0.574. The first kappa shape index (κ1) is 15.9. The summed E-state index contributed by atoms with van der Waals surface area (Å²) in [6, 6.07) is 13.4. The molecule has 0 fully saturated rings. The largest absolute Gasteiger partial charge is 0.321 e. The highest BCUT2D eigenvalue weighted by Crippen LogP contribution is 2.18. The van der Waals surface area contributed by atoms with Gasteiger partial charge in [0, 0.05) is 15.7 Å². The lowest BCUT2D eigenvalue weighted by molar-refractivity contribution is -0.112. The summed E-state index contributed by atoms with van der Waals surface area (Å²) in [7, 11) is 0. The second kappa shape index (κ2) is 7.01. The molecule has 0 aliphatic heterocycles. The lowest BCUT2D eigenvalue weighted by atomic mass is 10.1. The maximum absolute atomic E-state index is 13.8. The second-order valence-electron chi connectivity index (χ2n) is 4.66. The molecule has 0 aromatic heterocycles. The van der Waals surface area contributed by atoms with Crippen LogP contribution in [-0.2, 0) is 4.79 Å². The van der Waals surface area contributed by atoms with Crippen molar-refractivity contribution in [2.45, 2.75) is 6.92 Å². The zero-order chi connectivity index (χ0) is 16.1. The van der Waals surface area contributed by atoms with Gasteiger partial charge in [-0.1, -0.05) is 34.1 Å². The Morgan fingerprint density at radius 1 is 1.32 bits per heavy atom. The number of amides is 1. The van der Waals surface area contributed by atoms with Crippen LogP contribution >= 0.6 is 15.9 Å². The fourth-order valence-electron chi connectivity index (χ4n) is 1.84. The molecule has 0 aliphatic carbocycles. The van der Waals surface area contributed by atoms with Gasteiger partial charge < -0.3 is 5.32 Å². The smallest absolute Gasteiger partial charge is 0.266 e. The number of anilines is 1. The van der Waals surface area contributed by atoms with Gasteiger partial charge in [0.1, 0.15) is 17.5 Å². The van der Waals surface area contributed by atoms with Crippen LogP contribution in [0.5, 0.6) is 0 Å². The average molecular weight is 359 g/mol. The van der Waals surface area contributed by atoms with Crippen LogP contribution in [0.1, 0.15) is 11.1 Å². The molecule has 0 atom stereocenters. The normalized spacial score (nSPS) is 10.9. The molecule has 22 heavy (non-hydrogen) atoms. The fraction of sp³-hybridized carbons (Fsp3) is 0.0588. The highest BCUT2D eigenvalue weighted by atomic mass is 79.9. The number of nitriles is 1. The van der Waals surface area contributed by atoms with Crippen LogP contribution in [0.2, 0.25) is 0 Å². The summed E-state index contributed by atoms with van der Waals surface area (Å²) in [5.74, 6) is -1.08. The number of hydrogen-bond donors (Lipinski definition) is 1. The zero-order valence-corrected chi connectivity index (χ0v) is 13.3. The number of hydrogen-bond acceptors (Lipinski definition) is 2. The first-order chi connectivity index (χ1) is 10.5. The molecule has 2 aromatic carbocycles. The van der Waals surface area contributed by atoms with E-state index in [1.807, 2.05) is 13.0 Å². The van der Waals surface area contributed by atoms with Gasteiger partial charge in [-0.05, 0) is 42.8 Å². The monoisotopic (exact) mass is 358 g/mol. The lowest BCUT2D eigenvalue weighted by Crippen LogP contribution is -2.13. The third-order valence-corrected chi connectivity index (χ3v) is 3.40. The van der Waals surface area contributed by atoms with E-state index in [0.717, 1.165) is 5.56 Å². The van der Waals surface area contributed by atoms with Crippen molar-refractivity contribution >= 4 is 33.6 Å². The van der Waals surface area contributed by atoms with Crippen molar-refractivity contribution in [2.24, 2.45) is 0 Å². The van der Waals surface area contributed by atoms with Crippen molar-refractivity contribution in [2.75, 3.05) is 5.32 Å². The quantitative estimate of drug-likeness (QED) is 0.651.